The molecule has 1 saturated heterocycles. The zero-order valence-electron chi connectivity index (χ0n) is 29.4. The molecule has 0 spiro atoms. The minimum Gasteiger partial charge on any atom is -0.485 e. The summed E-state index contributed by atoms with van der Waals surface area (Å²) in [5, 5.41) is 7.15. The molecule has 0 unspecified atom stereocenters. The van der Waals surface area contributed by atoms with Gasteiger partial charge in [0, 0.05) is 50.9 Å². The van der Waals surface area contributed by atoms with E-state index in [9.17, 15) is 27.6 Å². The third-order valence-electron chi connectivity index (χ3n) is 8.52. The number of hydrogen-bond acceptors (Lipinski definition) is 11. The van der Waals surface area contributed by atoms with Crippen molar-refractivity contribution in [2.24, 2.45) is 0 Å². The summed E-state index contributed by atoms with van der Waals surface area (Å²) < 4.78 is 47.2. The maximum atomic E-state index is 14.1. The number of carbonyl (C=O) groups is 2. The molecule has 1 N–H and O–H groups in total. The Morgan fingerprint density at radius 1 is 1.00 bits per heavy atom. The van der Waals surface area contributed by atoms with E-state index >= 15 is 0 Å². The van der Waals surface area contributed by atoms with Crippen LogP contribution in [0.1, 0.15) is 34.4 Å². The van der Waals surface area contributed by atoms with Crippen LogP contribution in [-0.4, -0.2) is 91.6 Å². The van der Waals surface area contributed by atoms with Gasteiger partial charge in [-0.05, 0) is 54.9 Å². The van der Waals surface area contributed by atoms with Gasteiger partial charge in [-0.3, -0.25) is 14.4 Å². The van der Waals surface area contributed by atoms with Crippen molar-refractivity contribution in [3.05, 3.63) is 93.9 Å². The van der Waals surface area contributed by atoms with Crippen molar-refractivity contribution < 1.29 is 27.5 Å². The number of rotatable bonds is 11. The number of alkyl halides is 3. The Morgan fingerprint density at radius 3 is 2.34 bits per heavy atom. The van der Waals surface area contributed by atoms with Crippen LogP contribution in [0.4, 0.5) is 30.5 Å². The number of aryl methyl sites for hydroxylation is 1. The van der Waals surface area contributed by atoms with E-state index < -0.39 is 17.0 Å². The Hall–Kier alpha value is -5.65. The lowest BCUT2D eigenvalue weighted by Crippen LogP contribution is -2.51. The van der Waals surface area contributed by atoms with Crippen LogP contribution in [0.2, 0.25) is 0 Å². The molecule has 53 heavy (non-hydrogen) atoms. The van der Waals surface area contributed by atoms with E-state index in [2.05, 4.69) is 25.4 Å². The van der Waals surface area contributed by atoms with E-state index in [0.717, 1.165) is 10.1 Å². The zero-order chi connectivity index (χ0) is 37.9. The Kier molecular flexibility index (Phi) is 10.9. The molecule has 0 aliphatic carbocycles. The molecule has 5 aromatic rings. The minimum atomic E-state index is -4.43. The Balaban J connectivity index is 1.24. The predicted molar refractivity (Wildman–Crippen MR) is 194 cm³/mol. The first-order valence-corrected chi connectivity index (χ1v) is 17.5. The second kappa shape index (κ2) is 15.5. The highest BCUT2D eigenvalue weighted by Crippen LogP contribution is 2.37. The topological polar surface area (TPSA) is 143 Å². The smallest absolute Gasteiger partial charge is 0.446 e. The van der Waals surface area contributed by atoms with Crippen LogP contribution in [0.5, 0.6) is 5.75 Å². The van der Waals surface area contributed by atoms with Crippen LogP contribution in [0.3, 0.4) is 0 Å². The highest BCUT2D eigenvalue weighted by atomic mass is 32.2. The van der Waals surface area contributed by atoms with E-state index in [1.165, 1.54) is 30.6 Å². The number of fused-ring (bicyclic) bond motifs is 1. The van der Waals surface area contributed by atoms with Crippen molar-refractivity contribution in [1.29, 1.82) is 0 Å². The quantitative estimate of drug-likeness (QED) is 0.192. The summed E-state index contributed by atoms with van der Waals surface area (Å²) >= 11 is -0.245. The molecule has 18 heteroatoms. The first-order chi connectivity index (χ1) is 25.3. The first kappa shape index (κ1) is 37.1. The third-order valence-corrected chi connectivity index (χ3v) is 9.26. The Labute approximate surface area is 306 Å². The van der Waals surface area contributed by atoms with E-state index in [0.29, 0.717) is 48.0 Å². The molecule has 6 rings (SSSR count). The van der Waals surface area contributed by atoms with Gasteiger partial charge in [0.1, 0.15) is 25.2 Å². The highest BCUT2D eigenvalue weighted by molar-refractivity contribution is 8.00. The molecule has 14 nitrogen and oxygen atoms in total. The summed E-state index contributed by atoms with van der Waals surface area (Å²) in [6.45, 7) is 4.72. The van der Waals surface area contributed by atoms with Crippen molar-refractivity contribution in [2.45, 2.75) is 43.8 Å². The largest absolute Gasteiger partial charge is 0.485 e. The van der Waals surface area contributed by atoms with Crippen LogP contribution < -0.4 is 25.4 Å². The van der Waals surface area contributed by atoms with Gasteiger partial charge in [0.2, 0.25) is 17.6 Å². The molecule has 3 aromatic heterocycles. The van der Waals surface area contributed by atoms with Gasteiger partial charge in [-0.15, -0.1) is 5.10 Å². The number of anilines is 3. The number of nitrogens with zero attached hydrogens (tertiary/aromatic N) is 9. The zero-order valence-corrected chi connectivity index (χ0v) is 30.2. The number of benzene rings is 2. The van der Waals surface area contributed by atoms with Gasteiger partial charge in [0.05, 0.1) is 11.4 Å². The van der Waals surface area contributed by atoms with Crippen molar-refractivity contribution in [3.8, 4) is 5.75 Å². The van der Waals surface area contributed by atoms with Gasteiger partial charge in [-0.25, -0.2) is 9.97 Å². The number of carbonyl (C=O) groups excluding carboxylic acids is 2. The van der Waals surface area contributed by atoms with Crippen molar-refractivity contribution in [2.75, 3.05) is 55.4 Å². The molecule has 0 radical (unpaired) electrons. The molecule has 0 bridgehead atoms. The number of hydrogen-bond donors (Lipinski definition) is 1. The maximum Gasteiger partial charge on any atom is 0.446 e. The molecule has 2 amide bonds. The lowest BCUT2D eigenvalue weighted by Gasteiger charge is -2.36. The van der Waals surface area contributed by atoms with E-state index in [-0.39, 0.29) is 66.2 Å². The van der Waals surface area contributed by atoms with Crippen LogP contribution in [-0.2, 0) is 24.4 Å². The molecule has 1 fully saturated rings. The molecular weight excluding hydrogens is 714 g/mol. The average Bonchev–Trinajstić information content (AvgIpc) is 3.59. The van der Waals surface area contributed by atoms with Gasteiger partial charge in [-0.1, -0.05) is 37.3 Å². The van der Waals surface area contributed by atoms with Gasteiger partial charge < -0.3 is 29.3 Å². The minimum absolute atomic E-state index is 0.0130. The molecule has 0 atom stereocenters. The average molecular weight is 751 g/mol. The summed E-state index contributed by atoms with van der Waals surface area (Å²) in [7, 11) is 3.46. The van der Waals surface area contributed by atoms with Crippen molar-refractivity contribution in [3.63, 3.8) is 0 Å². The highest BCUT2D eigenvalue weighted by Gasteiger charge is 2.31. The molecule has 4 heterocycles. The summed E-state index contributed by atoms with van der Waals surface area (Å²) in [6.07, 6.45) is 1.68. The summed E-state index contributed by atoms with van der Waals surface area (Å²) in [5.74, 6) is -0.0860. The summed E-state index contributed by atoms with van der Waals surface area (Å²) in [6, 6.07) is 14.9. The number of halogens is 3. The fourth-order valence-corrected chi connectivity index (χ4v) is 6.53. The fourth-order valence-electron chi connectivity index (χ4n) is 5.99. The normalized spacial score (nSPS) is 13.3. The first-order valence-electron chi connectivity index (χ1n) is 16.7. The Morgan fingerprint density at radius 2 is 1.70 bits per heavy atom. The molecule has 1 aliphatic rings. The van der Waals surface area contributed by atoms with Gasteiger partial charge in [0.15, 0.2) is 11.4 Å². The number of amides is 2. The second-order valence-electron chi connectivity index (χ2n) is 12.4. The lowest BCUT2D eigenvalue weighted by atomic mass is 10.2. The standard InChI is InChI=1S/C35H37F3N10O4S/c1-5-26-29(45-15-17-46(18-16-45)31(50)28-30(22(2)39-21-40-28)52-20-23-9-7-6-8-10-23)32(51)48-34(42-33(43-48)44(3)4)47(26)19-27(49)41-24-11-13-25(14-12-24)53-35(36,37)38/h6-14,21H,5,15-20H2,1-4H3,(H,41,49). The molecule has 2 aromatic carbocycles. The summed E-state index contributed by atoms with van der Waals surface area (Å²) in [4.78, 5) is 59.5. The monoisotopic (exact) mass is 750 g/mol. The van der Waals surface area contributed by atoms with Gasteiger partial charge >= 0.3 is 5.51 Å². The fraction of sp³-hybridized carbons (Fsp3) is 0.343. The number of nitrogens with one attached hydrogen (secondary N) is 1. The van der Waals surface area contributed by atoms with Crippen molar-refractivity contribution >= 4 is 46.7 Å². The Bertz CT molecular complexity index is 2170. The van der Waals surface area contributed by atoms with E-state index in [1.807, 2.05) is 42.2 Å². The third kappa shape index (κ3) is 8.37. The molecular formula is C35H37F3N10O4S. The number of ether oxygens (including phenoxy) is 1. The molecule has 278 valence electrons. The van der Waals surface area contributed by atoms with Crippen LogP contribution in [0.25, 0.3) is 5.78 Å². The number of thioether (sulfide) groups is 1. The number of aromatic nitrogens is 6. The predicted octanol–water partition coefficient (Wildman–Crippen LogP) is 4.41. The molecule has 0 saturated carbocycles. The van der Waals surface area contributed by atoms with E-state index in [1.54, 1.807) is 35.4 Å². The molecule has 1 aliphatic heterocycles. The lowest BCUT2D eigenvalue weighted by molar-refractivity contribution is -0.116. The van der Waals surface area contributed by atoms with Crippen LogP contribution in [0.15, 0.2) is 70.6 Å². The number of piperazine rings is 1. The summed E-state index contributed by atoms with van der Waals surface area (Å²) in [5.41, 5.74) is -2.07. The SMILES string of the molecule is CCc1c(N2CCN(C(=O)c3ncnc(C)c3OCc3ccccc3)CC2)c(=O)n2nc(N(C)C)nc2n1CC(=O)Nc1ccc(SC(F)(F)F)cc1. The van der Waals surface area contributed by atoms with E-state index in [4.69, 9.17) is 4.74 Å². The van der Waals surface area contributed by atoms with Crippen molar-refractivity contribution in [1.82, 2.24) is 34.0 Å². The van der Waals surface area contributed by atoms with Crippen LogP contribution in [0, 0.1) is 6.92 Å². The maximum absolute atomic E-state index is 14.1. The van der Waals surface area contributed by atoms with Crippen LogP contribution >= 0.6 is 11.8 Å². The van der Waals surface area contributed by atoms with Gasteiger partial charge in [-0.2, -0.15) is 22.7 Å². The second-order valence-corrected chi connectivity index (χ2v) is 13.5. The van der Waals surface area contributed by atoms with Gasteiger partial charge in [0.25, 0.3) is 11.5 Å².